The quantitative estimate of drug-likeness (QED) is 0.569. The Hall–Kier alpha value is -2.83. The number of benzene rings is 1. The van der Waals surface area contributed by atoms with E-state index in [1.807, 2.05) is 0 Å². The molecule has 0 spiro atoms. The number of rotatable bonds is 6. The third-order valence-corrected chi connectivity index (χ3v) is 4.84. The highest BCUT2D eigenvalue weighted by molar-refractivity contribution is 5.77. The van der Waals surface area contributed by atoms with E-state index in [2.05, 4.69) is 9.97 Å². The topological polar surface area (TPSA) is 78.4 Å². The van der Waals surface area contributed by atoms with Crippen molar-refractivity contribution in [2.45, 2.75) is 38.2 Å². The fraction of sp³-hybridized carbons (Fsp3) is 0.400. The first-order chi connectivity index (χ1) is 13.1. The second-order valence-corrected chi connectivity index (χ2v) is 6.59. The molecule has 1 aliphatic carbocycles. The molecule has 6 nitrogen and oxygen atoms in total. The molecule has 27 heavy (non-hydrogen) atoms. The molecule has 1 saturated carbocycles. The van der Waals surface area contributed by atoms with Gasteiger partial charge in [0.15, 0.2) is 6.29 Å². The second kappa shape index (κ2) is 8.70. The van der Waals surface area contributed by atoms with Crippen molar-refractivity contribution in [3.63, 3.8) is 0 Å². The molecule has 1 aromatic carbocycles. The number of nitrogens with zero attached hydrogens (tertiary/aromatic N) is 2. The number of carbonyl (C=O) groups excluding carboxylic acids is 2. The lowest BCUT2D eigenvalue weighted by Crippen LogP contribution is -2.32. The summed E-state index contributed by atoms with van der Waals surface area (Å²) in [6, 6.07) is 4.56. The Morgan fingerprint density at radius 2 is 1.96 bits per heavy atom. The number of aldehydes is 1. The van der Waals surface area contributed by atoms with Gasteiger partial charge in [-0.05, 0) is 37.0 Å². The number of hydrogen-bond acceptors (Lipinski definition) is 6. The zero-order valence-electron chi connectivity index (χ0n) is 15.1. The molecule has 2 unspecified atom stereocenters. The van der Waals surface area contributed by atoms with Gasteiger partial charge in [0, 0.05) is 23.9 Å². The molecule has 0 saturated heterocycles. The molecule has 142 valence electrons. The van der Waals surface area contributed by atoms with Gasteiger partial charge >= 0.3 is 12.0 Å². The van der Waals surface area contributed by atoms with E-state index < -0.39 is 5.82 Å². The van der Waals surface area contributed by atoms with Crippen LogP contribution in [0.2, 0.25) is 0 Å². The summed E-state index contributed by atoms with van der Waals surface area (Å²) in [4.78, 5) is 30.7. The largest absolute Gasteiger partial charge is 0.469 e. The van der Waals surface area contributed by atoms with E-state index in [4.69, 9.17) is 9.47 Å². The Labute approximate surface area is 156 Å². The van der Waals surface area contributed by atoms with Crippen molar-refractivity contribution in [3.8, 4) is 17.1 Å². The molecule has 1 aliphatic rings. The van der Waals surface area contributed by atoms with Crippen LogP contribution in [0.5, 0.6) is 6.01 Å². The van der Waals surface area contributed by atoms with E-state index in [0.717, 1.165) is 25.7 Å². The Kier molecular flexibility index (Phi) is 6.11. The van der Waals surface area contributed by atoms with Gasteiger partial charge in [0.25, 0.3) is 0 Å². The summed E-state index contributed by atoms with van der Waals surface area (Å²) in [6.07, 6.45) is 7.60. The molecular weight excluding hydrogens is 351 g/mol. The summed E-state index contributed by atoms with van der Waals surface area (Å²) >= 11 is 0. The molecule has 1 fully saturated rings. The molecule has 1 heterocycles. The van der Waals surface area contributed by atoms with Crippen molar-refractivity contribution in [2.75, 3.05) is 7.11 Å². The Bertz CT molecular complexity index is 810. The first-order valence-electron chi connectivity index (χ1n) is 8.91. The molecule has 0 radical (unpaired) electrons. The van der Waals surface area contributed by atoms with Gasteiger partial charge in [-0.25, -0.2) is 14.4 Å². The van der Waals surface area contributed by atoms with Crippen LogP contribution < -0.4 is 4.74 Å². The van der Waals surface area contributed by atoms with Crippen molar-refractivity contribution in [1.29, 1.82) is 0 Å². The molecule has 3 rings (SSSR count). The number of esters is 1. The number of methoxy groups -OCH3 is 1. The summed E-state index contributed by atoms with van der Waals surface area (Å²) in [5.74, 6) is -0.747. The fourth-order valence-corrected chi connectivity index (χ4v) is 3.32. The molecule has 0 amide bonds. The normalized spacial score (nSPS) is 19.3. The van der Waals surface area contributed by atoms with Gasteiger partial charge in [0.2, 0.25) is 0 Å². The summed E-state index contributed by atoms with van der Waals surface area (Å²) in [6.45, 7) is 0. The maximum Gasteiger partial charge on any atom is 0.316 e. The van der Waals surface area contributed by atoms with Crippen molar-refractivity contribution in [3.05, 3.63) is 42.0 Å². The van der Waals surface area contributed by atoms with Gasteiger partial charge in [-0.2, -0.15) is 0 Å². The highest BCUT2D eigenvalue weighted by Gasteiger charge is 2.29. The van der Waals surface area contributed by atoms with Gasteiger partial charge in [0.1, 0.15) is 11.9 Å². The van der Waals surface area contributed by atoms with E-state index in [9.17, 15) is 14.0 Å². The van der Waals surface area contributed by atoms with Crippen LogP contribution in [0.1, 0.15) is 42.5 Å². The lowest BCUT2D eigenvalue weighted by molar-refractivity contribution is -0.143. The number of halogens is 1. The maximum atomic E-state index is 13.8. The van der Waals surface area contributed by atoms with Crippen molar-refractivity contribution < 1.29 is 23.5 Å². The minimum absolute atomic E-state index is 0.00793. The third kappa shape index (κ3) is 4.67. The summed E-state index contributed by atoms with van der Waals surface area (Å²) in [5, 5.41) is 0. The first kappa shape index (κ1) is 18.9. The molecule has 0 N–H and O–H groups in total. The lowest BCUT2D eigenvalue weighted by atomic mass is 9.84. The zero-order valence-corrected chi connectivity index (χ0v) is 15.1. The first-order valence-corrected chi connectivity index (χ1v) is 8.91. The third-order valence-electron chi connectivity index (χ3n) is 4.84. The molecule has 2 atom stereocenters. The van der Waals surface area contributed by atoms with Crippen LogP contribution in [0.4, 0.5) is 4.39 Å². The molecule has 2 aromatic rings. The van der Waals surface area contributed by atoms with E-state index in [0.29, 0.717) is 23.8 Å². The van der Waals surface area contributed by atoms with Crippen molar-refractivity contribution in [2.24, 2.45) is 5.92 Å². The Morgan fingerprint density at radius 1 is 1.22 bits per heavy atom. The second-order valence-electron chi connectivity index (χ2n) is 6.59. The van der Waals surface area contributed by atoms with Gasteiger partial charge < -0.3 is 9.47 Å². The summed E-state index contributed by atoms with van der Waals surface area (Å²) in [7, 11) is 1.38. The van der Waals surface area contributed by atoms with Crippen LogP contribution in [0, 0.1) is 11.7 Å². The highest BCUT2D eigenvalue weighted by Crippen LogP contribution is 2.30. The highest BCUT2D eigenvalue weighted by atomic mass is 19.1. The molecule has 0 aliphatic heterocycles. The smallest absolute Gasteiger partial charge is 0.316 e. The number of ether oxygens (including phenoxy) is 2. The minimum Gasteiger partial charge on any atom is -0.469 e. The van der Waals surface area contributed by atoms with E-state index in [-0.39, 0.29) is 29.6 Å². The predicted octanol–water partition coefficient (Wildman–Crippen LogP) is 3.60. The van der Waals surface area contributed by atoms with Crippen molar-refractivity contribution >= 4 is 12.3 Å². The molecular formula is C20H21FN2O4. The summed E-state index contributed by atoms with van der Waals surface area (Å²) < 4.78 is 24.4. The van der Waals surface area contributed by atoms with E-state index in [1.165, 1.54) is 19.2 Å². The average molecular weight is 372 g/mol. The van der Waals surface area contributed by atoms with E-state index in [1.54, 1.807) is 18.5 Å². The molecule has 1 aromatic heterocycles. The van der Waals surface area contributed by atoms with Gasteiger partial charge in [0.05, 0.1) is 19.1 Å². The SMILES string of the molecule is COC(=O)CC1CCCCC1Oc1ncc(-c2ccc(C=O)c(F)c2)cn1. The number of carbonyl (C=O) groups is 2. The van der Waals surface area contributed by atoms with Crippen LogP contribution in [0.15, 0.2) is 30.6 Å². The molecule has 7 heteroatoms. The Morgan fingerprint density at radius 3 is 2.63 bits per heavy atom. The van der Waals surface area contributed by atoms with Crippen molar-refractivity contribution in [1.82, 2.24) is 9.97 Å². The van der Waals surface area contributed by atoms with Crippen LogP contribution >= 0.6 is 0 Å². The number of hydrogen-bond donors (Lipinski definition) is 0. The van der Waals surface area contributed by atoms with Crippen LogP contribution in [-0.2, 0) is 9.53 Å². The van der Waals surface area contributed by atoms with Crippen LogP contribution in [0.25, 0.3) is 11.1 Å². The standard InChI is InChI=1S/C20H21FN2O4/c1-26-19(25)9-14-4-2-3-5-18(14)27-20-22-10-16(11-23-20)13-6-7-15(12-24)17(21)8-13/h6-8,10-12,14,18H,2-5,9H2,1H3. The lowest BCUT2D eigenvalue weighted by Gasteiger charge is -2.30. The predicted molar refractivity (Wildman–Crippen MR) is 95.8 cm³/mol. The maximum absolute atomic E-state index is 13.8. The van der Waals surface area contributed by atoms with Gasteiger partial charge in [-0.3, -0.25) is 9.59 Å². The van der Waals surface area contributed by atoms with E-state index >= 15 is 0 Å². The van der Waals surface area contributed by atoms with Crippen LogP contribution in [-0.4, -0.2) is 35.4 Å². The summed E-state index contributed by atoms with van der Waals surface area (Å²) in [5.41, 5.74) is 1.20. The zero-order chi connectivity index (χ0) is 19.2. The molecule has 0 bridgehead atoms. The van der Waals surface area contributed by atoms with Gasteiger partial charge in [-0.15, -0.1) is 0 Å². The fourth-order valence-electron chi connectivity index (χ4n) is 3.32. The van der Waals surface area contributed by atoms with Crippen LogP contribution in [0.3, 0.4) is 0 Å². The van der Waals surface area contributed by atoms with Gasteiger partial charge in [-0.1, -0.05) is 12.5 Å². The minimum atomic E-state index is -0.587. The number of aromatic nitrogens is 2. The monoisotopic (exact) mass is 372 g/mol. The Balaban J connectivity index is 1.70. The average Bonchev–Trinajstić information content (AvgIpc) is 2.70.